The van der Waals surface area contributed by atoms with Gasteiger partial charge in [0.25, 0.3) is 0 Å². The van der Waals surface area contributed by atoms with Crippen molar-refractivity contribution in [2.24, 2.45) is 11.8 Å². The Hall–Kier alpha value is -1.18. The lowest BCUT2D eigenvalue weighted by Crippen LogP contribution is -2.32. The van der Waals surface area contributed by atoms with Crippen molar-refractivity contribution in [3.63, 3.8) is 0 Å². The molecule has 1 aromatic carbocycles. The third-order valence-corrected chi connectivity index (χ3v) is 4.31. The van der Waals surface area contributed by atoms with E-state index in [9.17, 15) is 0 Å². The highest BCUT2D eigenvalue weighted by Crippen LogP contribution is 2.29. The van der Waals surface area contributed by atoms with Crippen LogP contribution >= 0.6 is 0 Å². The number of anilines is 2. The molecule has 2 aliphatic rings. The fourth-order valence-corrected chi connectivity index (χ4v) is 2.64. The summed E-state index contributed by atoms with van der Waals surface area (Å²) < 4.78 is 0. The van der Waals surface area contributed by atoms with Gasteiger partial charge in [0.1, 0.15) is 0 Å². The maximum atomic E-state index is 3.53. The van der Waals surface area contributed by atoms with E-state index in [2.05, 4.69) is 41.4 Å². The van der Waals surface area contributed by atoms with Gasteiger partial charge in [0.2, 0.25) is 0 Å². The number of hydrogen-bond acceptors (Lipinski definition) is 2. The lowest BCUT2D eigenvalue weighted by Gasteiger charge is -2.32. The summed E-state index contributed by atoms with van der Waals surface area (Å²) in [7, 11) is 0. The second-order valence-electron chi connectivity index (χ2n) is 6.04. The van der Waals surface area contributed by atoms with Crippen molar-refractivity contribution in [1.82, 2.24) is 0 Å². The van der Waals surface area contributed by atoms with Crippen LogP contribution in [-0.4, -0.2) is 19.6 Å². The fraction of sp³-hybridized carbons (Fsp3) is 0.625. The fourth-order valence-electron chi connectivity index (χ4n) is 2.64. The number of nitrogens with one attached hydrogen (secondary N) is 1. The van der Waals surface area contributed by atoms with Crippen molar-refractivity contribution < 1.29 is 0 Å². The Kier molecular flexibility index (Phi) is 3.44. The van der Waals surface area contributed by atoms with Gasteiger partial charge in [0.05, 0.1) is 0 Å². The molecule has 2 nitrogen and oxygen atoms in total. The molecule has 1 N–H and O–H groups in total. The molecule has 1 heterocycles. The Balaban J connectivity index is 1.56. The predicted molar refractivity (Wildman–Crippen MR) is 78.3 cm³/mol. The van der Waals surface area contributed by atoms with Crippen molar-refractivity contribution in [3.05, 3.63) is 24.3 Å². The number of benzene rings is 1. The average Bonchev–Trinajstić information content (AvgIpc) is 3.22. The number of piperidine rings is 1. The Labute approximate surface area is 110 Å². The van der Waals surface area contributed by atoms with E-state index in [0.717, 1.165) is 18.4 Å². The van der Waals surface area contributed by atoms with Crippen molar-refractivity contribution in [2.75, 3.05) is 29.9 Å². The van der Waals surface area contributed by atoms with Crippen molar-refractivity contribution >= 4 is 11.4 Å². The molecule has 1 aliphatic heterocycles. The monoisotopic (exact) mass is 244 g/mol. The molecular formula is C16H24N2. The summed E-state index contributed by atoms with van der Waals surface area (Å²) in [6, 6.07) is 9.00. The van der Waals surface area contributed by atoms with Crippen LogP contribution in [0.3, 0.4) is 0 Å². The maximum Gasteiger partial charge on any atom is 0.0367 e. The summed E-state index contributed by atoms with van der Waals surface area (Å²) in [4.78, 5) is 2.52. The maximum absolute atomic E-state index is 3.53. The Morgan fingerprint density at radius 3 is 2.33 bits per heavy atom. The van der Waals surface area contributed by atoms with Crippen molar-refractivity contribution in [1.29, 1.82) is 0 Å². The van der Waals surface area contributed by atoms with Crippen LogP contribution in [0, 0.1) is 11.8 Å². The topological polar surface area (TPSA) is 15.3 Å². The molecule has 18 heavy (non-hydrogen) atoms. The normalized spacial score (nSPS) is 21.1. The number of nitrogens with zero attached hydrogens (tertiary/aromatic N) is 1. The van der Waals surface area contributed by atoms with Gasteiger partial charge in [-0.1, -0.05) is 6.92 Å². The van der Waals surface area contributed by atoms with E-state index in [1.165, 1.54) is 50.1 Å². The first kappa shape index (κ1) is 11.9. The Bertz CT molecular complexity index is 373. The molecule has 1 aromatic rings. The van der Waals surface area contributed by atoms with E-state index in [4.69, 9.17) is 0 Å². The van der Waals surface area contributed by atoms with Gasteiger partial charge >= 0.3 is 0 Å². The van der Waals surface area contributed by atoms with Gasteiger partial charge in [-0.3, -0.25) is 0 Å². The van der Waals surface area contributed by atoms with Crippen LogP contribution < -0.4 is 10.2 Å². The lowest BCUT2D eigenvalue weighted by molar-refractivity contribution is 0.438. The van der Waals surface area contributed by atoms with Gasteiger partial charge in [-0.2, -0.15) is 0 Å². The van der Waals surface area contributed by atoms with Crippen LogP contribution in [0.15, 0.2) is 24.3 Å². The second-order valence-corrected chi connectivity index (χ2v) is 6.04. The van der Waals surface area contributed by atoms with E-state index < -0.39 is 0 Å². The third-order valence-electron chi connectivity index (χ3n) is 4.31. The highest BCUT2D eigenvalue weighted by Gasteiger charge is 2.20. The van der Waals surface area contributed by atoms with Crippen molar-refractivity contribution in [3.8, 4) is 0 Å². The molecule has 2 fully saturated rings. The number of rotatable bonds is 4. The van der Waals surface area contributed by atoms with Crippen LogP contribution in [-0.2, 0) is 0 Å². The highest BCUT2D eigenvalue weighted by molar-refractivity contribution is 5.55. The molecule has 0 radical (unpaired) electrons. The minimum absolute atomic E-state index is 0.903. The van der Waals surface area contributed by atoms with Crippen LogP contribution in [0.4, 0.5) is 11.4 Å². The molecule has 1 saturated carbocycles. The van der Waals surface area contributed by atoms with E-state index in [1.54, 1.807) is 0 Å². The molecule has 1 aliphatic carbocycles. The summed E-state index contributed by atoms with van der Waals surface area (Å²) in [5, 5.41) is 3.53. The summed E-state index contributed by atoms with van der Waals surface area (Å²) >= 11 is 0. The molecule has 98 valence electrons. The first-order chi connectivity index (χ1) is 8.81. The van der Waals surface area contributed by atoms with Crippen LogP contribution in [0.1, 0.15) is 32.6 Å². The lowest BCUT2D eigenvalue weighted by atomic mass is 9.99. The van der Waals surface area contributed by atoms with Crippen molar-refractivity contribution in [2.45, 2.75) is 32.6 Å². The second kappa shape index (κ2) is 5.21. The van der Waals surface area contributed by atoms with Gasteiger partial charge in [-0.05, 0) is 61.8 Å². The molecule has 0 bridgehead atoms. The zero-order chi connectivity index (χ0) is 12.4. The average molecular weight is 244 g/mol. The molecule has 0 amide bonds. The van der Waals surface area contributed by atoms with Crippen LogP contribution in [0.25, 0.3) is 0 Å². The third kappa shape index (κ3) is 2.98. The molecule has 1 saturated heterocycles. The van der Waals surface area contributed by atoms with Gasteiger partial charge in [-0.25, -0.2) is 0 Å². The van der Waals surface area contributed by atoms with E-state index in [-0.39, 0.29) is 0 Å². The highest BCUT2D eigenvalue weighted by atomic mass is 15.1. The van der Waals surface area contributed by atoms with Crippen LogP contribution in [0.5, 0.6) is 0 Å². The summed E-state index contributed by atoms with van der Waals surface area (Å²) in [6.45, 7) is 5.95. The smallest absolute Gasteiger partial charge is 0.0367 e. The molecular weight excluding hydrogens is 220 g/mol. The first-order valence-electron chi connectivity index (χ1n) is 7.40. The minimum atomic E-state index is 0.903. The summed E-state index contributed by atoms with van der Waals surface area (Å²) in [5.41, 5.74) is 2.66. The molecule has 0 spiro atoms. The molecule has 0 aromatic heterocycles. The largest absolute Gasteiger partial charge is 0.385 e. The summed E-state index contributed by atoms with van der Waals surface area (Å²) in [6.07, 6.45) is 5.50. The zero-order valence-corrected chi connectivity index (χ0v) is 11.4. The Morgan fingerprint density at radius 1 is 1.06 bits per heavy atom. The predicted octanol–water partition coefficient (Wildman–Crippen LogP) is 3.74. The van der Waals surface area contributed by atoms with Gasteiger partial charge in [0.15, 0.2) is 0 Å². The quantitative estimate of drug-likeness (QED) is 0.868. The summed E-state index contributed by atoms with van der Waals surface area (Å²) in [5.74, 6) is 1.84. The zero-order valence-electron chi connectivity index (χ0n) is 11.4. The minimum Gasteiger partial charge on any atom is -0.385 e. The Morgan fingerprint density at radius 2 is 1.72 bits per heavy atom. The molecule has 3 rings (SSSR count). The standard InChI is InChI=1S/C16H24N2/c1-13-8-10-18(11-9-13)16-6-4-15(5-7-16)17-12-14-2-3-14/h4-7,13-14,17H,2-3,8-12H2,1H3. The first-order valence-corrected chi connectivity index (χ1v) is 7.40. The van der Waals surface area contributed by atoms with E-state index in [1.807, 2.05) is 0 Å². The SMILES string of the molecule is CC1CCN(c2ccc(NCC3CC3)cc2)CC1. The number of hydrogen-bond donors (Lipinski definition) is 1. The van der Waals surface area contributed by atoms with E-state index >= 15 is 0 Å². The van der Waals surface area contributed by atoms with Gasteiger partial charge in [0, 0.05) is 31.0 Å². The molecule has 2 heteroatoms. The van der Waals surface area contributed by atoms with Crippen LogP contribution in [0.2, 0.25) is 0 Å². The molecule has 0 atom stereocenters. The van der Waals surface area contributed by atoms with Gasteiger partial charge < -0.3 is 10.2 Å². The van der Waals surface area contributed by atoms with Gasteiger partial charge in [-0.15, -0.1) is 0 Å². The van der Waals surface area contributed by atoms with E-state index in [0.29, 0.717) is 0 Å². The molecule has 0 unspecified atom stereocenters.